The van der Waals surface area contributed by atoms with Gasteiger partial charge in [-0.2, -0.15) is 9.97 Å². The van der Waals surface area contributed by atoms with Gasteiger partial charge in [0.2, 0.25) is 5.95 Å². The summed E-state index contributed by atoms with van der Waals surface area (Å²) in [4.78, 5) is 12.1. The van der Waals surface area contributed by atoms with Crippen LogP contribution in [0.4, 0.5) is 11.8 Å². The number of anilines is 2. The second-order valence-electron chi connectivity index (χ2n) is 5.24. The Hall–Kier alpha value is -2.01. The van der Waals surface area contributed by atoms with Crippen molar-refractivity contribution in [1.82, 2.24) is 19.5 Å². The van der Waals surface area contributed by atoms with E-state index in [9.17, 15) is 10.2 Å². The first-order valence-electron chi connectivity index (χ1n) is 6.39. The zero-order valence-corrected chi connectivity index (χ0v) is 10.9. The largest absolute Gasteiger partial charge is 0.393 e. The van der Waals surface area contributed by atoms with E-state index < -0.39 is 24.0 Å². The number of nitrogens with two attached hydrogens (primary N) is 2. The number of fused-ring (bicyclic) bond motifs is 3. The van der Waals surface area contributed by atoms with Gasteiger partial charge in [0.1, 0.15) is 23.3 Å². The Balaban J connectivity index is 1.82. The summed E-state index contributed by atoms with van der Waals surface area (Å²) in [6, 6.07) is 0. The molecular formula is C11H14N6O4. The summed E-state index contributed by atoms with van der Waals surface area (Å²) in [7, 11) is 0. The molecule has 0 aliphatic carbocycles. The molecule has 4 atom stereocenters. The van der Waals surface area contributed by atoms with Gasteiger partial charge in [0.25, 0.3) is 0 Å². The molecule has 0 radical (unpaired) electrons. The maximum Gasteiger partial charge on any atom is 0.224 e. The summed E-state index contributed by atoms with van der Waals surface area (Å²) in [5, 5.41) is 19.7. The highest BCUT2D eigenvalue weighted by atomic mass is 16.7. The molecule has 2 aromatic rings. The average molecular weight is 294 g/mol. The van der Waals surface area contributed by atoms with Crippen LogP contribution >= 0.6 is 0 Å². The number of aliphatic hydroxyl groups excluding tert-OH is 2. The molecule has 21 heavy (non-hydrogen) atoms. The van der Waals surface area contributed by atoms with Gasteiger partial charge in [-0.3, -0.25) is 4.57 Å². The Morgan fingerprint density at radius 3 is 2.95 bits per heavy atom. The topological polar surface area (TPSA) is 155 Å². The summed E-state index contributed by atoms with van der Waals surface area (Å²) in [6.07, 6.45) is -0.741. The third-order valence-electron chi connectivity index (χ3n) is 4.01. The van der Waals surface area contributed by atoms with E-state index in [1.807, 2.05) is 0 Å². The minimum atomic E-state index is -1.12. The zero-order chi connectivity index (χ0) is 14.8. The number of hydrogen-bond donors (Lipinski definition) is 4. The van der Waals surface area contributed by atoms with E-state index in [-0.39, 0.29) is 25.0 Å². The van der Waals surface area contributed by atoms with Crippen LogP contribution in [0, 0.1) is 0 Å². The molecule has 6 N–H and O–H groups in total. The molecule has 0 saturated carbocycles. The highest BCUT2D eigenvalue weighted by Gasteiger charge is 2.61. The summed E-state index contributed by atoms with van der Waals surface area (Å²) in [5.41, 5.74) is 11.0. The summed E-state index contributed by atoms with van der Waals surface area (Å²) >= 11 is 0. The Bertz CT molecular complexity index is 720. The molecule has 2 aliphatic heterocycles. The first-order chi connectivity index (χ1) is 10.1. The van der Waals surface area contributed by atoms with Crippen molar-refractivity contribution in [2.24, 2.45) is 0 Å². The Morgan fingerprint density at radius 1 is 1.43 bits per heavy atom. The molecule has 2 fully saturated rings. The zero-order valence-electron chi connectivity index (χ0n) is 10.9. The van der Waals surface area contributed by atoms with E-state index in [0.717, 1.165) is 0 Å². The van der Waals surface area contributed by atoms with E-state index in [1.54, 1.807) is 4.57 Å². The second-order valence-corrected chi connectivity index (χ2v) is 5.24. The van der Waals surface area contributed by atoms with E-state index in [2.05, 4.69) is 15.0 Å². The van der Waals surface area contributed by atoms with E-state index in [1.165, 1.54) is 6.33 Å². The lowest BCUT2D eigenvalue weighted by Gasteiger charge is -2.29. The highest BCUT2D eigenvalue weighted by molar-refractivity contribution is 5.82. The number of nitrogen functional groups attached to an aromatic ring is 2. The Kier molecular flexibility index (Phi) is 2.43. The Morgan fingerprint density at radius 2 is 2.24 bits per heavy atom. The van der Waals surface area contributed by atoms with Crippen LogP contribution in [0.15, 0.2) is 6.33 Å². The molecule has 2 saturated heterocycles. The number of ether oxygens (including phenoxy) is 2. The van der Waals surface area contributed by atoms with Gasteiger partial charge in [0.05, 0.1) is 19.5 Å². The molecular weight excluding hydrogens is 280 g/mol. The third-order valence-corrected chi connectivity index (χ3v) is 4.01. The van der Waals surface area contributed by atoms with Crippen molar-refractivity contribution >= 4 is 22.9 Å². The van der Waals surface area contributed by atoms with Crippen molar-refractivity contribution < 1.29 is 19.7 Å². The lowest BCUT2D eigenvalue weighted by atomic mass is 10.0. The smallest absolute Gasteiger partial charge is 0.224 e. The average Bonchev–Trinajstić information content (AvgIpc) is 3.09. The SMILES string of the molecule is Nc1nc(N)c2ncn([C@@H]3O[C@@]4(CO)COC3[C@H]4O)c2n1. The van der Waals surface area contributed by atoms with E-state index in [4.69, 9.17) is 20.9 Å². The fraction of sp³-hybridized carbons (Fsp3) is 0.545. The normalized spacial score (nSPS) is 34.9. The molecule has 2 bridgehead atoms. The number of nitrogens with zero attached hydrogens (tertiary/aromatic N) is 4. The third kappa shape index (κ3) is 1.52. The summed E-state index contributed by atoms with van der Waals surface area (Å²) in [5.74, 6) is 0.181. The van der Waals surface area contributed by atoms with Crippen LogP contribution in [0.1, 0.15) is 6.23 Å². The first kappa shape index (κ1) is 12.7. The molecule has 0 spiro atoms. The number of aromatic nitrogens is 4. The lowest BCUT2D eigenvalue weighted by Crippen LogP contribution is -2.44. The molecule has 4 heterocycles. The molecule has 1 unspecified atom stereocenters. The van der Waals surface area contributed by atoms with Crippen LogP contribution < -0.4 is 11.5 Å². The van der Waals surface area contributed by atoms with Crippen LogP contribution in [0.5, 0.6) is 0 Å². The van der Waals surface area contributed by atoms with Gasteiger partial charge < -0.3 is 31.2 Å². The minimum absolute atomic E-state index is 0.0169. The van der Waals surface area contributed by atoms with Gasteiger partial charge in [-0.25, -0.2) is 4.98 Å². The fourth-order valence-electron chi connectivity index (χ4n) is 2.90. The van der Waals surface area contributed by atoms with Crippen molar-refractivity contribution in [3.8, 4) is 0 Å². The standard InChI is InChI=1S/C11H14N6O4/c12-7-4-8(16-10(13)15-7)17(3-14-4)9-5-6(19)11(1-18,21-9)2-20-5/h3,5-6,9,18-19H,1-2H2,(H4,12,13,15,16)/t5?,6-,9-,11+/m1/s1. The van der Waals surface area contributed by atoms with E-state index >= 15 is 0 Å². The van der Waals surface area contributed by atoms with Gasteiger partial charge in [0.15, 0.2) is 17.7 Å². The van der Waals surface area contributed by atoms with Gasteiger partial charge >= 0.3 is 0 Å². The van der Waals surface area contributed by atoms with Crippen molar-refractivity contribution in [3.63, 3.8) is 0 Å². The van der Waals surface area contributed by atoms with Gasteiger partial charge in [0, 0.05) is 0 Å². The molecule has 2 aliphatic rings. The predicted molar refractivity (Wildman–Crippen MR) is 69.8 cm³/mol. The minimum Gasteiger partial charge on any atom is -0.393 e. The number of aliphatic hydroxyl groups is 2. The lowest BCUT2D eigenvalue weighted by molar-refractivity contribution is -0.185. The van der Waals surface area contributed by atoms with Crippen LogP contribution in [-0.4, -0.2) is 60.8 Å². The van der Waals surface area contributed by atoms with Crippen molar-refractivity contribution in [1.29, 1.82) is 0 Å². The van der Waals surface area contributed by atoms with Crippen LogP contribution in [0.25, 0.3) is 11.2 Å². The van der Waals surface area contributed by atoms with Crippen LogP contribution in [-0.2, 0) is 9.47 Å². The predicted octanol–water partition coefficient (Wildman–Crippen LogP) is -1.99. The van der Waals surface area contributed by atoms with E-state index in [0.29, 0.717) is 11.2 Å². The number of hydrogen-bond acceptors (Lipinski definition) is 9. The molecule has 0 aromatic carbocycles. The maximum atomic E-state index is 10.2. The fourth-order valence-corrected chi connectivity index (χ4v) is 2.90. The molecule has 112 valence electrons. The van der Waals surface area contributed by atoms with Gasteiger partial charge in [-0.05, 0) is 0 Å². The van der Waals surface area contributed by atoms with Crippen molar-refractivity contribution in [2.75, 3.05) is 24.7 Å². The Labute approximate surface area is 118 Å². The monoisotopic (exact) mass is 294 g/mol. The first-order valence-corrected chi connectivity index (χ1v) is 6.39. The van der Waals surface area contributed by atoms with Gasteiger partial charge in [-0.1, -0.05) is 0 Å². The number of rotatable bonds is 2. The second kappa shape index (κ2) is 4.01. The molecule has 0 amide bonds. The highest BCUT2D eigenvalue weighted by Crippen LogP contribution is 2.45. The summed E-state index contributed by atoms with van der Waals surface area (Å²) < 4.78 is 12.9. The van der Waals surface area contributed by atoms with Crippen LogP contribution in [0.3, 0.4) is 0 Å². The van der Waals surface area contributed by atoms with Crippen molar-refractivity contribution in [2.45, 2.75) is 24.0 Å². The molecule has 4 rings (SSSR count). The maximum absolute atomic E-state index is 10.2. The molecule has 2 aromatic heterocycles. The number of imidazole rings is 1. The quantitative estimate of drug-likeness (QED) is 0.492. The van der Waals surface area contributed by atoms with Crippen molar-refractivity contribution in [3.05, 3.63) is 6.33 Å². The molecule has 10 nitrogen and oxygen atoms in total. The summed E-state index contributed by atoms with van der Waals surface area (Å²) in [6.45, 7) is -0.204. The molecule has 10 heteroatoms. The van der Waals surface area contributed by atoms with Gasteiger partial charge in [-0.15, -0.1) is 0 Å². The van der Waals surface area contributed by atoms with Crippen LogP contribution in [0.2, 0.25) is 0 Å².